The van der Waals surface area contributed by atoms with E-state index in [0.29, 0.717) is 24.2 Å². The Hall–Kier alpha value is 0.00935. The molecule has 0 spiro atoms. The molecule has 0 amide bonds. The standard InChI is InChI=1S/C15H34N2.2BF4.Cu/c1-12(2)16(13(3)4)10-9-11-17(14(5)6)15(7)8;2*2-1(3,4)5;/h12-15H,9-11H2,1-8H3;;;/q;2*-1;+2. The van der Waals surface area contributed by atoms with Crippen molar-refractivity contribution in [3.63, 3.8) is 0 Å². The Balaban J connectivity index is -0.000000216. The van der Waals surface area contributed by atoms with Crippen LogP contribution in [0, 0.1) is 0 Å². The third kappa shape index (κ3) is 33.6. The molecule has 1 radical (unpaired) electrons. The fourth-order valence-corrected chi connectivity index (χ4v) is 2.66. The molecule has 0 rings (SSSR count). The molecule has 177 valence electrons. The van der Waals surface area contributed by atoms with Gasteiger partial charge >= 0.3 is 31.6 Å². The first-order chi connectivity index (χ1) is 11.8. The van der Waals surface area contributed by atoms with E-state index < -0.39 is 14.5 Å². The summed E-state index contributed by atoms with van der Waals surface area (Å²) >= 11 is 0. The molecule has 0 aliphatic heterocycles. The molecule has 0 aliphatic carbocycles. The van der Waals surface area contributed by atoms with E-state index in [9.17, 15) is 34.5 Å². The average molecular weight is 480 g/mol. The van der Waals surface area contributed by atoms with E-state index in [1.54, 1.807) is 0 Å². The van der Waals surface area contributed by atoms with Crippen LogP contribution in [0.15, 0.2) is 0 Å². The first kappa shape index (κ1) is 35.4. The van der Waals surface area contributed by atoms with Crippen LogP contribution >= 0.6 is 0 Å². The van der Waals surface area contributed by atoms with Gasteiger partial charge in [0.25, 0.3) is 0 Å². The maximum absolute atomic E-state index is 9.75. The van der Waals surface area contributed by atoms with E-state index in [1.807, 2.05) is 0 Å². The number of halogens is 8. The third-order valence-corrected chi connectivity index (χ3v) is 3.49. The van der Waals surface area contributed by atoms with Crippen LogP contribution in [0.1, 0.15) is 61.8 Å². The molecule has 0 saturated carbocycles. The van der Waals surface area contributed by atoms with Crippen molar-refractivity contribution in [1.82, 2.24) is 9.80 Å². The first-order valence-electron chi connectivity index (χ1n) is 9.03. The monoisotopic (exact) mass is 479 g/mol. The van der Waals surface area contributed by atoms with Crippen molar-refractivity contribution in [3.8, 4) is 0 Å². The van der Waals surface area contributed by atoms with E-state index >= 15 is 0 Å². The zero-order valence-electron chi connectivity index (χ0n) is 17.8. The maximum atomic E-state index is 9.75. The molecule has 0 aromatic rings. The number of hydrogen-bond donors (Lipinski definition) is 0. The van der Waals surface area contributed by atoms with Gasteiger partial charge in [-0.05, 0) is 74.9 Å². The molecule has 0 N–H and O–H groups in total. The molecule has 0 aromatic heterocycles. The molecule has 0 bridgehead atoms. The van der Waals surface area contributed by atoms with Gasteiger partial charge < -0.3 is 34.5 Å². The second-order valence-electron chi connectivity index (χ2n) is 7.19. The van der Waals surface area contributed by atoms with Gasteiger partial charge in [-0.3, -0.25) is 9.80 Å². The van der Waals surface area contributed by atoms with E-state index in [2.05, 4.69) is 65.2 Å². The summed E-state index contributed by atoms with van der Waals surface area (Å²) in [6.07, 6.45) is 1.27. The van der Waals surface area contributed by atoms with Gasteiger partial charge in [-0.1, -0.05) is 0 Å². The van der Waals surface area contributed by atoms with Crippen LogP contribution in [0.2, 0.25) is 0 Å². The van der Waals surface area contributed by atoms with Gasteiger partial charge in [0, 0.05) is 24.2 Å². The summed E-state index contributed by atoms with van der Waals surface area (Å²) in [6, 6.07) is 2.62. The minimum absolute atomic E-state index is 0. The van der Waals surface area contributed by atoms with Crippen molar-refractivity contribution in [2.75, 3.05) is 13.1 Å². The molecule has 0 atom stereocenters. The fraction of sp³-hybridized carbons (Fsp3) is 1.00. The van der Waals surface area contributed by atoms with Crippen molar-refractivity contribution in [2.24, 2.45) is 0 Å². The molecule has 0 aromatic carbocycles. The van der Waals surface area contributed by atoms with E-state index in [4.69, 9.17) is 0 Å². The van der Waals surface area contributed by atoms with Gasteiger partial charge in [0.05, 0.1) is 0 Å². The summed E-state index contributed by atoms with van der Waals surface area (Å²) in [5.74, 6) is 0. The maximum Gasteiger partial charge on any atom is 2.00 e. The molecule has 28 heavy (non-hydrogen) atoms. The van der Waals surface area contributed by atoms with E-state index in [1.165, 1.54) is 19.5 Å². The summed E-state index contributed by atoms with van der Waals surface area (Å²) in [5, 5.41) is 0. The van der Waals surface area contributed by atoms with Crippen molar-refractivity contribution in [1.29, 1.82) is 0 Å². The third-order valence-electron chi connectivity index (χ3n) is 3.49. The zero-order valence-corrected chi connectivity index (χ0v) is 18.7. The minimum atomic E-state index is -6.00. The van der Waals surface area contributed by atoms with E-state index in [0.717, 1.165) is 0 Å². The number of rotatable bonds is 8. The van der Waals surface area contributed by atoms with Gasteiger partial charge in [0.1, 0.15) is 0 Å². The molecule has 2 nitrogen and oxygen atoms in total. The van der Waals surface area contributed by atoms with Crippen LogP contribution in [0.25, 0.3) is 0 Å². The second kappa shape index (κ2) is 16.8. The zero-order chi connectivity index (χ0) is 22.6. The minimum Gasteiger partial charge on any atom is -0.418 e. The van der Waals surface area contributed by atoms with E-state index in [-0.39, 0.29) is 17.1 Å². The van der Waals surface area contributed by atoms with Crippen LogP contribution < -0.4 is 0 Å². The van der Waals surface area contributed by atoms with Gasteiger partial charge in [-0.2, -0.15) is 0 Å². The molecule has 0 aliphatic rings. The normalized spacial score (nSPS) is 12.2. The molecule has 13 heteroatoms. The van der Waals surface area contributed by atoms with Crippen molar-refractivity contribution in [3.05, 3.63) is 0 Å². The predicted octanol–water partition coefficient (Wildman–Crippen LogP) is 6.21. The Labute approximate surface area is 175 Å². The predicted molar refractivity (Wildman–Crippen MR) is 98.9 cm³/mol. The fourth-order valence-electron chi connectivity index (χ4n) is 2.66. The van der Waals surface area contributed by atoms with Gasteiger partial charge in [-0.15, -0.1) is 0 Å². The summed E-state index contributed by atoms with van der Waals surface area (Å²) in [5.41, 5.74) is 0. The Bertz CT molecular complexity index is 294. The number of hydrogen-bond acceptors (Lipinski definition) is 2. The molecule has 0 unspecified atom stereocenters. The van der Waals surface area contributed by atoms with Crippen molar-refractivity contribution in [2.45, 2.75) is 86.0 Å². The average Bonchev–Trinajstić information content (AvgIpc) is 2.32. The second-order valence-corrected chi connectivity index (χ2v) is 7.19. The van der Waals surface area contributed by atoms with Crippen molar-refractivity contribution >= 4 is 14.5 Å². The van der Waals surface area contributed by atoms with Crippen molar-refractivity contribution < 1.29 is 51.6 Å². The quantitative estimate of drug-likeness (QED) is 0.302. The molecule has 0 fully saturated rings. The van der Waals surface area contributed by atoms with Crippen LogP contribution in [0.5, 0.6) is 0 Å². The summed E-state index contributed by atoms with van der Waals surface area (Å²) in [4.78, 5) is 5.16. The Kier molecular flexibility index (Phi) is 21.2. The van der Waals surface area contributed by atoms with Crippen LogP contribution in [-0.2, 0) is 17.1 Å². The molecular formula is C15H34B2CuF8N2. The smallest absolute Gasteiger partial charge is 0.418 e. The molecule has 0 heterocycles. The summed E-state index contributed by atoms with van der Waals surface area (Å²) in [6.45, 7) is 20.8. The van der Waals surface area contributed by atoms with Crippen LogP contribution in [0.4, 0.5) is 34.5 Å². The molecular weight excluding hydrogens is 445 g/mol. The van der Waals surface area contributed by atoms with Crippen LogP contribution in [-0.4, -0.2) is 61.6 Å². The SMILES string of the molecule is CC(C)N(CCCN(C(C)C)C(C)C)C(C)C.F[B-](F)(F)F.F[B-](F)(F)F.[Cu+2]. The van der Waals surface area contributed by atoms with Crippen LogP contribution in [0.3, 0.4) is 0 Å². The molecule has 0 saturated heterocycles. The number of nitrogens with zero attached hydrogens (tertiary/aromatic N) is 2. The topological polar surface area (TPSA) is 6.48 Å². The summed E-state index contributed by atoms with van der Waals surface area (Å²) < 4.78 is 78.0. The first-order valence-corrected chi connectivity index (χ1v) is 9.03. The van der Waals surface area contributed by atoms with Gasteiger partial charge in [0.15, 0.2) is 0 Å². The Morgan fingerprint density at radius 1 is 0.500 bits per heavy atom. The van der Waals surface area contributed by atoms with Gasteiger partial charge in [0.2, 0.25) is 0 Å². The Morgan fingerprint density at radius 2 is 0.643 bits per heavy atom. The van der Waals surface area contributed by atoms with Gasteiger partial charge in [-0.25, -0.2) is 0 Å². The largest absolute Gasteiger partial charge is 2.00 e. The summed E-state index contributed by atoms with van der Waals surface area (Å²) in [7, 11) is -12.0. The Morgan fingerprint density at radius 3 is 0.750 bits per heavy atom.